The Bertz CT molecular complexity index is 112. The quantitative estimate of drug-likeness (QED) is 0.592. The molecular weight excluding hydrogens is 156 g/mol. The van der Waals surface area contributed by atoms with Gasteiger partial charge >= 0.3 is 0 Å². The summed E-state index contributed by atoms with van der Waals surface area (Å²) in [5, 5.41) is 0.779. The van der Waals surface area contributed by atoms with Crippen LogP contribution >= 0.6 is 12.2 Å². The van der Waals surface area contributed by atoms with Crippen LogP contribution in [0.2, 0.25) is 0 Å². The third kappa shape index (κ3) is 4.35. The highest BCUT2D eigenvalue weighted by atomic mass is 32.1. The monoisotopic (exact) mass is 174 g/mol. The highest BCUT2D eigenvalue weighted by molar-refractivity contribution is 7.80. The molecule has 0 rings (SSSR count). The molecule has 0 fully saturated rings. The zero-order chi connectivity index (χ0) is 8.69. The molecule has 0 aromatic heterocycles. The van der Waals surface area contributed by atoms with Crippen molar-refractivity contribution in [3.05, 3.63) is 0 Å². The Kier molecular flexibility index (Phi) is 6.52. The Hall–Kier alpha value is -0.110. The van der Waals surface area contributed by atoms with Crippen LogP contribution in [-0.4, -0.2) is 12.2 Å². The molecule has 0 aromatic carbocycles. The van der Waals surface area contributed by atoms with Gasteiger partial charge in [-0.05, 0) is 25.1 Å². The first-order valence-electron chi connectivity index (χ1n) is 4.34. The summed E-state index contributed by atoms with van der Waals surface area (Å²) in [5.41, 5.74) is 0. The van der Waals surface area contributed by atoms with Crippen LogP contribution in [-0.2, 0) is 4.74 Å². The van der Waals surface area contributed by atoms with Gasteiger partial charge in [0.25, 0.3) is 0 Å². The molecule has 1 atom stereocenters. The van der Waals surface area contributed by atoms with Gasteiger partial charge in [0.15, 0.2) is 5.05 Å². The van der Waals surface area contributed by atoms with Crippen molar-refractivity contribution >= 4 is 17.3 Å². The van der Waals surface area contributed by atoms with Gasteiger partial charge in [0.1, 0.15) is 0 Å². The number of methoxy groups -OCH3 is 1. The largest absolute Gasteiger partial charge is 0.490 e. The van der Waals surface area contributed by atoms with E-state index in [1.165, 1.54) is 19.3 Å². The highest BCUT2D eigenvalue weighted by Gasteiger charge is 2.11. The Morgan fingerprint density at radius 2 is 2.09 bits per heavy atom. The average molecular weight is 174 g/mol. The average Bonchev–Trinajstić information content (AvgIpc) is 2.05. The lowest BCUT2D eigenvalue weighted by Crippen LogP contribution is -2.12. The van der Waals surface area contributed by atoms with Crippen molar-refractivity contribution in [3.8, 4) is 0 Å². The number of thiocarbonyl (C=S) groups is 1. The van der Waals surface area contributed by atoms with Gasteiger partial charge in [-0.15, -0.1) is 0 Å². The van der Waals surface area contributed by atoms with Gasteiger partial charge in [-0.1, -0.05) is 26.7 Å². The summed E-state index contributed by atoms with van der Waals surface area (Å²) in [4.78, 5) is 0. The topological polar surface area (TPSA) is 9.23 Å². The van der Waals surface area contributed by atoms with Crippen molar-refractivity contribution in [1.82, 2.24) is 0 Å². The first-order chi connectivity index (χ1) is 5.26. The second-order valence-electron chi connectivity index (χ2n) is 2.77. The van der Waals surface area contributed by atoms with Gasteiger partial charge in [-0.2, -0.15) is 0 Å². The summed E-state index contributed by atoms with van der Waals surface area (Å²) in [6, 6.07) is 0. The number of rotatable bonds is 5. The van der Waals surface area contributed by atoms with Crippen LogP contribution in [0.3, 0.4) is 0 Å². The lowest BCUT2D eigenvalue weighted by Gasteiger charge is -2.13. The Labute approximate surface area is 75.1 Å². The van der Waals surface area contributed by atoms with Crippen molar-refractivity contribution in [3.63, 3.8) is 0 Å². The van der Waals surface area contributed by atoms with Gasteiger partial charge < -0.3 is 4.74 Å². The summed E-state index contributed by atoms with van der Waals surface area (Å²) < 4.78 is 5.03. The van der Waals surface area contributed by atoms with E-state index in [1.54, 1.807) is 7.11 Å². The molecule has 1 nitrogen and oxygen atoms in total. The molecule has 0 aliphatic carbocycles. The zero-order valence-corrected chi connectivity index (χ0v) is 8.54. The SMILES string of the molecule is CCCCC(CC)C(=S)OC. The van der Waals surface area contributed by atoms with E-state index >= 15 is 0 Å². The molecule has 0 saturated heterocycles. The predicted molar refractivity (Wildman–Crippen MR) is 52.9 cm³/mol. The standard InChI is InChI=1S/C9H18OS/c1-4-6-7-8(5-2)9(11)10-3/h8H,4-7H2,1-3H3. The summed E-state index contributed by atoms with van der Waals surface area (Å²) >= 11 is 5.07. The van der Waals surface area contributed by atoms with Gasteiger partial charge in [0, 0.05) is 5.92 Å². The van der Waals surface area contributed by atoms with Crippen LogP contribution in [0.25, 0.3) is 0 Å². The molecule has 0 saturated carbocycles. The molecule has 0 N–H and O–H groups in total. The van der Waals surface area contributed by atoms with E-state index in [0.29, 0.717) is 5.92 Å². The van der Waals surface area contributed by atoms with E-state index in [-0.39, 0.29) is 0 Å². The smallest absolute Gasteiger partial charge is 0.162 e. The predicted octanol–water partition coefficient (Wildman–Crippen LogP) is 3.18. The fourth-order valence-electron chi connectivity index (χ4n) is 1.11. The van der Waals surface area contributed by atoms with Crippen LogP contribution in [0.5, 0.6) is 0 Å². The second-order valence-corrected chi connectivity index (χ2v) is 3.17. The second kappa shape index (κ2) is 6.59. The van der Waals surface area contributed by atoms with Gasteiger partial charge in [0.2, 0.25) is 0 Å². The Balaban J connectivity index is 3.65. The van der Waals surface area contributed by atoms with Crippen molar-refractivity contribution in [2.75, 3.05) is 7.11 Å². The summed E-state index contributed by atoms with van der Waals surface area (Å²) in [5.74, 6) is 0.495. The molecule has 0 amide bonds. The molecule has 0 heterocycles. The molecule has 0 bridgehead atoms. The van der Waals surface area contributed by atoms with Crippen molar-refractivity contribution in [2.24, 2.45) is 5.92 Å². The van der Waals surface area contributed by atoms with E-state index in [0.717, 1.165) is 11.5 Å². The minimum atomic E-state index is 0.495. The minimum Gasteiger partial charge on any atom is -0.490 e. The first-order valence-corrected chi connectivity index (χ1v) is 4.74. The minimum absolute atomic E-state index is 0.495. The number of hydrogen-bond acceptors (Lipinski definition) is 2. The molecule has 11 heavy (non-hydrogen) atoms. The molecule has 66 valence electrons. The Morgan fingerprint density at radius 3 is 2.45 bits per heavy atom. The van der Waals surface area contributed by atoms with Crippen molar-refractivity contribution in [2.45, 2.75) is 39.5 Å². The van der Waals surface area contributed by atoms with Gasteiger partial charge in [-0.25, -0.2) is 0 Å². The van der Waals surface area contributed by atoms with E-state index in [1.807, 2.05) is 0 Å². The molecule has 2 heteroatoms. The maximum absolute atomic E-state index is 5.07. The lowest BCUT2D eigenvalue weighted by atomic mass is 10.0. The van der Waals surface area contributed by atoms with Gasteiger partial charge in [0.05, 0.1) is 7.11 Å². The summed E-state index contributed by atoms with van der Waals surface area (Å²) in [7, 11) is 1.66. The number of ether oxygens (including phenoxy) is 1. The van der Waals surface area contributed by atoms with E-state index < -0.39 is 0 Å². The van der Waals surface area contributed by atoms with E-state index in [9.17, 15) is 0 Å². The van der Waals surface area contributed by atoms with Crippen LogP contribution in [0, 0.1) is 5.92 Å². The van der Waals surface area contributed by atoms with Gasteiger partial charge in [-0.3, -0.25) is 0 Å². The third-order valence-electron chi connectivity index (χ3n) is 1.93. The fraction of sp³-hybridized carbons (Fsp3) is 0.889. The summed E-state index contributed by atoms with van der Waals surface area (Å²) in [6.45, 7) is 4.36. The van der Waals surface area contributed by atoms with Crippen LogP contribution in [0.4, 0.5) is 0 Å². The van der Waals surface area contributed by atoms with E-state index in [2.05, 4.69) is 13.8 Å². The summed E-state index contributed by atoms with van der Waals surface area (Å²) in [6.07, 6.45) is 4.77. The molecule has 0 aliphatic rings. The first kappa shape index (κ1) is 10.9. The number of hydrogen-bond donors (Lipinski definition) is 0. The van der Waals surface area contributed by atoms with Crippen LogP contribution in [0.1, 0.15) is 39.5 Å². The Morgan fingerprint density at radius 1 is 1.45 bits per heavy atom. The van der Waals surface area contributed by atoms with E-state index in [4.69, 9.17) is 17.0 Å². The van der Waals surface area contributed by atoms with Crippen molar-refractivity contribution < 1.29 is 4.74 Å². The van der Waals surface area contributed by atoms with Crippen LogP contribution < -0.4 is 0 Å². The van der Waals surface area contributed by atoms with Crippen molar-refractivity contribution in [1.29, 1.82) is 0 Å². The zero-order valence-electron chi connectivity index (χ0n) is 7.72. The molecule has 0 spiro atoms. The lowest BCUT2D eigenvalue weighted by molar-refractivity contribution is 0.365. The maximum atomic E-state index is 5.07. The fourth-order valence-corrected chi connectivity index (χ4v) is 1.39. The highest BCUT2D eigenvalue weighted by Crippen LogP contribution is 2.14. The number of unbranched alkanes of at least 4 members (excludes halogenated alkanes) is 1. The third-order valence-corrected chi connectivity index (χ3v) is 2.43. The molecule has 0 radical (unpaired) electrons. The van der Waals surface area contributed by atoms with Crippen LogP contribution in [0.15, 0.2) is 0 Å². The molecule has 0 aromatic rings. The normalized spacial score (nSPS) is 12.6. The molecule has 0 aliphatic heterocycles. The molecular formula is C9H18OS. The molecule has 1 unspecified atom stereocenters. The maximum Gasteiger partial charge on any atom is 0.162 e.